The van der Waals surface area contributed by atoms with E-state index in [-0.39, 0.29) is 17.4 Å². The second-order valence-corrected chi connectivity index (χ2v) is 7.04. The number of ether oxygens (including phenoxy) is 2. The van der Waals surface area contributed by atoms with Crippen molar-refractivity contribution in [1.29, 1.82) is 0 Å². The van der Waals surface area contributed by atoms with Gasteiger partial charge in [-0.25, -0.2) is 0 Å². The van der Waals surface area contributed by atoms with Crippen molar-refractivity contribution in [3.63, 3.8) is 0 Å². The summed E-state index contributed by atoms with van der Waals surface area (Å²) in [7, 11) is 0. The van der Waals surface area contributed by atoms with Crippen LogP contribution in [0.25, 0.3) is 0 Å². The Morgan fingerprint density at radius 3 is 2.46 bits per heavy atom. The van der Waals surface area contributed by atoms with Crippen LogP contribution in [0.3, 0.4) is 0 Å². The summed E-state index contributed by atoms with van der Waals surface area (Å²) < 4.78 is 10.9. The summed E-state index contributed by atoms with van der Waals surface area (Å²) in [5.41, 5.74) is 2.57. The molecule has 4 heteroatoms. The van der Waals surface area contributed by atoms with Crippen molar-refractivity contribution < 1.29 is 14.3 Å². The molecule has 4 nitrogen and oxygen atoms in total. The average molecular weight is 325 g/mol. The van der Waals surface area contributed by atoms with E-state index in [9.17, 15) is 4.79 Å². The SMILES string of the molecule is CC(C)(C)c1ccc(C(=O)Nc2ccccc2OCC2CO2)cc1. The lowest BCUT2D eigenvalue weighted by Crippen LogP contribution is -2.15. The number of hydrogen-bond donors (Lipinski definition) is 1. The van der Waals surface area contributed by atoms with Gasteiger partial charge in [0.15, 0.2) is 0 Å². The second-order valence-electron chi connectivity index (χ2n) is 7.04. The van der Waals surface area contributed by atoms with Gasteiger partial charge >= 0.3 is 0 Å². The van der Waals surface area contributed by atoms with E-state index in [0.717, 1.165) is 6.61 Å². The molecule has 1 N–H and O–H groups in total. The third-order valence-corrected chi connectivity index (χ3v) is 3.98. The zero-order chi connectivity index (χ0) is 17.2. The number of nitrogens with one attached hydrogen (secondary N) is 1. The van der Waals surface area contributed by atoms with E-state index >= 15 is 0 Å². The Morgan fingerprint density at radius 1 is 1.17 bits per heavy atom. The minimum atomic E-state index is -0.144. The molecule has 0 spiro atoms. The topological polar surface area (TPSA) is 50.9 Å². The van der Waals surface area contributed by atoms with Gasteiger partial charge in [-0.2, -0.15) is 0 Å². The van der Waals surface area contributed by atoms with Gasteiger partial charge in [0.25, 0.3) is 5.91 Å². The van der Waals surface area contributed by atoms with Crippen molar-refractivity contribution in [2.45, 2.75) is 32.3 Å². The van der Waals surface area contributed by atoms with Crippen molar-refractivity contribution >= 4 is 11.6 Å². The molecule has 1 amide bonds. The molecule has 1 saturated heterocycles. The van der Waals surface area contributed by atoms with Crippen LogP contribution in [-0.4, -0.2) is 25.2 Å². The fraction of sp³-hybridized carbons (Fsp3) is 0.350. The number of hydrogen-bond acceptors (Lipinski definition) is 3. The molecule has 24 heavy (non-hydrogen) atoms. The van der Waals surface area contributed by atoms with Crippen molar-refractivity contribution in [2.75, 3.05) is 18.5 Å². The van der Waals surface area contributed by atoms with Gasteiger partial charge in [0, 0.05) is 5.56 Å². The van der Waals surface area contributed by atoms with E-state index in [1.54, 1.807) is 0 Å². The van der Waals surface area contributed by atoms with Gasteiger partial charge in [-0.1, -0.05) is 45.0 Å². The first-order valence-corrected chi connectivity index (χ1v) is 8.19. The molecule has 1 heterocycles. The van der Waals surface area contributed by atoms with Crippen molar-refractivity contribution in [3.8, 4) is 5.75 Å². The molecule has 3 rings (SSSR count). The summed E-state index contributed by atoms with van der Waals surface area (Å²) in [6.45, 7) is 7.71. The van der Waals surface area contributed by atoms with Crippen LogP contribution in [0.4, 0.5) is 5.69 Å². The van der Waals surface area contributed by atoms with E-state index in [1.807, 2.05) is 48.5 Å². The quantitative estimate of drug-likeness (QED) is 0.845. The van der Waals surface area contributed by atoms with E-state index in [2.05, 4.69) is 26.1 Å². The van der Waals surface area contributed by atoms with Crippen molar-refractivity contribution in [1.82, 2.24) is 0 Å². The third kappa shape index (κ3) is 4.15. The molecule has 1 fully saturated rings. The number of epoxide rings is 1. The number of amides is 1. The van der Waals surface area contributed by atoms with Gasteiger partial charge in [-0.05, 0) is 35.2 Å². The molecule has 2 aromatic rings. The standard InChI is InChI=1S/C20H23NO3/c1-20(2,3)15-10-8-14(9-11-15)19(22)21-17-6-4-5-7-18(17)24-13-16-12-23-16/h4-11,16H,12-13H2,1-3H3,(H,21,22). The molecule has 1 aliphatic rings. The maximum atomic E-state index is 12.5. The third-order valence-electron chi connectivity index (χ3n) is 3.98. The predicted molar refractivity (Wildman–Crippen MR) is 94.8 cm³/mol. The van der Waals surface area contributed by atoms with Gasteiger partial charge in [0.2, 0.25) is 0 Å². The molecule has 0 aromatic heterocycles. The average Bonchev–Trinajstić information content (AvgIpc) is 3.38. The van der Waals surface area contributed by atoms with Crippen LogP contribution in [0.2, 0.25) is 0 Å². The molecule has 0 bridgehead atoms. The molecule has 2 aromatic carbocycles. The lowest BCUT2D eigenvalue weighted by molar-refractivity contribution is 0.102. The van der Waals surface area contributed by atoms with Gasteiger partial charge in [-0.3, -0.25) is 4.79 Å². The molecule has 0 saturated carbocycles. The molecule has 0 radical (unpaired) electrons. The number of anilines is 1. The highest BCUT2D eigenvalue weighted by atomic mass is 16.6. The highest BCUT2D eigenvalue weighted by Gasteiger charge is 2.23. The number of carbonyl (C=O) groups is 1. The van der Waals surface area contributed by atoms with Crippen LogP contribution in [0.15, 0.2) is 48.5 Å². The van der Waals surface area contributed by atoms with E-state index in [4.69, 9.17) is 9.47 Å². The van der Waals surface area contributed by atoms with Crippen LogP contribution >= 0.6 is 0 Å². The van der Waals surface area contributed by atoms with Gasteiger partial charge in [0.1, 0.15) is 18.5 Å². The molecule has 1 atom stereocenters. The lowest BCUT2D eigenvalue weighted by atomic mass is 9.87. The maximum Gasteiger partial charge on any atom is 0.255 e. The van der Waals surface area contributed by atoms with E-state index in [1.165, 1.54) is 5.56 Å². The first-order valence-electron chi connectivity index (χ1n) is 8.19. The van der Waals surface area contributed by atoms with E-state index < -0.39 is 0 Å². The van der Waals surface area contributed by atoms with Crippen LogP contribution in [0.1, 0.15) is 36.7 Å². The smallest absolute Gasteiger partial charge is 0.255 e. The summed E-state index contributed by atoms with van der Waals surface area (Å²) in [6, 6.07) is 15.2. The summed E-state index contributed by atoms with van der Waals surface area (Å²) in [4.78, 5) is 12.5. The molecule has 1 aliphatic heterocycles. The first-order chi connectivity index (χ1) is 11.4. The predicted octanol–water partition coefficient (Wildman–Crippen LogP) is 4.01. The Morgan fingerprint density at radius 2 is 1.83 bits per heavy atom. The maximum absolute atomic E-state index is 12.5. The number of rotatable bonds is 5. The Bertz CT molecular complexity index is 712. The Labute approximate surface area is 142 Å². The monoisotopic (exact) mass is 325 g/mol. The molecule has 1 unspecified atom stereocenters. The van der Waals surface area contributed by atoms with Crippen LogP contribution in [0.5, 0.6) is 5.75 Å². The number of benzene rings is 2. The Hall–Kier alpha value is -2.33. The lowest BCUT2D eigenvalue weighted by Gasteiger charge is -2.19. The van der Waals surface area contributed by atoms with Gasteiger partial charge in [0.05, 0.1) is 12.3 Å². The fourth-order valence-corrected chi connectivity index (χ4v) is 2.36. The molecular weight excluding hydrogens is 302 g/mol. The molecular formula is C20H23NO3. The summed E-state index contributed by atoms with van der Waals surface area (Å²) in [5, 5.41) is 2.92. The molecule has 126 valence electrons. The zero-order valence-corrected chi connectivity index (χ0v) is 14.3. The number of para-hydroxylation sites is 2. The van der Waals surface area contributed by atoms with Gasteiger partial charge in [-0.15, -0.1) is 0 Å². The second kappa shape index (κ2) is 6.65. The van der Waals surface area contributed by atoms with Crippen LogP contribution in [0, 0.1) is 0 Å². The van der Waals surface area contributed by atoms with Gasteiger partial charge < -0.3 is 14.8 Å². The zero-order valence-electron chi connectivity index (χ0n) is 14.3. The Balaban J connectivity index is 1.70. The normalized spacial score (nSPS) is 16.5. The summed E-state index contributed by atoms with van der Waals surface area (Å²) >= 11 is 0. The summed E-state index contributed by atoms with van der Waals surface area (Å²) in [5.74, 6) is 0.516. The minimum Gasteiger partial charge on any atom is -0.489 e. The fourth-order valence-electron chi connectivity index (χ4n) is 2.36. The summed E-state index contributed by atoms with van der Waals surface area (Å²) in [6.07, 6.45) is 0.179. The largest absolute Gasteiger partial charge is 0.489 e. The highest BCUT2D eigenvalue weighted by Crippen LogP contribution is 2.26. The van der Waals surface area contributed by atoms with E-state index in [0.29, 0.717) is 23.6 Å². The molecule has 0 aliphatic carbocycles. The number of carbonyl (C=O) groups excluding carboxylic acids is 1. The van der Waals surface area contributed by atoms with Crippen LogP contribution in [-0.2, 0) is 10.2 Å². The minimum absolute atomic E-state index is 0.0698. The van der Waals surface area contributed by atoms with Crippen molar-refractivity contribution in [2.24, 2.45) is 0 Å². The van der Waals surface area contributed by atoms with Crippen molar-refractivity contribution in [3.05, 3.63) is 59.7 Å². The first kappa shape index (κ1) is 16.5. The van der Waals surface area contributed by atoms with Crippen LogP contribution < -0.4 is 10.1 Å². The highest BCUT2D eigenvalue weighted by molar-refractivity contribution is 6.05. The Kier molecular flexibility index (Phi) is 4.58.